The molecule has 5 heteroatoms. The topological polar surface area (TPSA) is 55.8 Å². The van der Waals surface area contributed by atoms with E-state index >= 15 is 0 Å². The minimum absolute atomic E-state index is 0.117. The number of carbonyl (C=O) groups excluding carboxylic acids is 1. The van der Waals surface area contributed by atoms with Crippen molar-refractivity contribution >= 4 is 21.9 Å². The molecule has 0 saturated heterocycles. The molecule has 2 atom stereocenters. The lowest BCUT2D eigenvalue weighted by molar-refractivity contribution is -0.153. The Bertz CT molecular complexity index is 472. The molecule has 2 rings (SSSR count). The highest BCUT2D eigenvalue weighted by Crippen LogP contribution is 2.38. The number of aliphatic hydroxyl groups excluding tert-OH is 1. The second-order valence-electron chi connectivity index (χ2n) is 4.28. The Balaban J connectivity index is 2.28. The third-order valence-corrected chi connectivity index (χ3v) is 3.38. The van der Waals surface area contributed by atoms with Crippen molar-refractivity contribution in [3.63, 3.8) is 0 Å². The fourth-order valence-corrected chi connectivity index (χ4v) is 2.64. The number of benzene rings is 1. The first-order chi connectivity index (χ1) is 8.52. The van der Waals surface area contributed by atoms with Crippen LogP contribution in [0.1, 0.15) is 31.1 Å². The lowest BCUT2D eigenvalue weighted by Gasteiger charge is -2.12. The summed E-state index contributed by atoms with van der Waals surface area (Å²) in [6, 6.07) is 3.49. The second kappa shape index (κ2) is 5.28. The van der Waals surface area contributed by atoms with Crippen LogP contribution in [0.25, 0.3) is 0 Å². The van der Waals surface area contributed by atoms with Crippen LogP contribution in [0, 0.1) is 0 Å². The molecule has 0 aliphatic carbocycles. The molecule has 1 aliphatic heterocycles. The van der Waals surface area contributed by atoms with Gasteiger partial charge in [0.1, 0.15) is 11.9 Å². The molecule has 2 unspecified atom stereocenters. The second-order valence-corrected chi connectivity index (χ2v) is 5.13. The standard InChI is InChI=1S/C13H15BrO4/c1-3-17-13(16)11(15)8-5-9-4-7(2)18-12(9)10(14)6-8/h5-7,11,15H,3-4H2,1-2H3. The van der Waals surface area contributed by atoms with Gasteiger partial charge in [-0.1, -0.05) is 0 Å². The molecule has 1 heterocycles. The lowest BCUT2D eigenvalue weighted by atomic mass is 10.0. The highest BCUT2D eigenvalue weighted by Gasteiger charge is 2.26. The predicted octanol–water partition coefficient (Wildman–Crippen LogP) is 2.37. The largest absolute Gasteiger partial charge is 0.489 e. The monoisotopic (exact) mass is 314 g/mol. The summed E-state index contributed by atoms with van der Waals surface area (Å²) in [6.45, 7) is 3.94. The van der Waals surface area contributed by atoms with Gasteiger partial charge in [0.25, 0.3) is 0 Å². The summed E-state index contributed by atoms with van der Waals surface area (Å²) in [5, 5.41) is 9.91. The molecule has 1 N–H and O–H groups in total. The Morgan fingerprint density at radius 1 is 1.67 bits per heavy atom. The van der Waals surface area contributed by atoms with Gasteiger partial charge in [0.05, 0.1) is 11.1 Å². The van der Waals surface area contributed by atoms with Gasteiger partial charge in [-0.05, 0) is 53.0 Å². The van der Waals surface area contributed by atoms with Gasteiger partial charge in [0.2, 0.25) is 0 Å². The van der Waals surface area contributed by atoms with E-state index in [9.17, 15) is 9.90 Å². The molecule has 0 spiro atoms. The number of carbonyl (C=O) groups is 1. The Morgan fingerprint density at radius 2 is 2.39 bits per heavy atom. The molecular formula is C13H15BrO4. The molecule has 4 nitrogen and oxygen atoms in total. The van der Waals surface area contributed by atoms with Gasteiger partial charge in [-0.25, -0.2) is 4.79 Å². The average Bonchev–Trinajstić information content (AvgIpc) is 2.69. The van der Waals surface area contributed by atoms with Crippen molar-refractivity contribution in [1.82, 2.24) is 0 Å². The highest BCUT2D eigenvalue weighted by molar-refractivity contribution is 9.10. The number of hydrogen-bond donors (Lipinski definition) is 1. The number of esters is 1. The van der Waals surface area contributed by atoms with Gasteiger partial charge in [0, 0.05) is 6.42 Å². The smallest absolute Gasteiger partial charge is 0.339 e. The van der Waals surface area contributed by atoms with Crippen LogP contribution in [-0.2, 0) is 16.0 Å². The van der Waals surface area contributed by atoms with E-state index in [1.807, 2.05) is 6.92 Å². The lowest BCUT2D eigenvalue weighted by Crippen LogP contribution is -2.15. The molecule has 0 radical (unpaired) electrons. The zero-order chi connectivity index (χ0) is 13.3. The maximum atomic E-state index is 11.5. The van der Waals surface area contributed by atoms with E-state index in [0.717, 1.165) is 22.2 Å². The zero-order valence-corrected chi connectivity index (χ0v) is 11.9. The summed E-state index contributed by atoms with van der Waals surface area (Å²) in [7, 11) is 0. The molecule has 0 aromatic heterocycles. The highest BCUT2D eigenvalue weighted by atomic mass is 79.9. The third kappa shape index (κ3) is 2.52. The van der Waals surface area contributed by atoms with Gasteiger partial charge in [-0.2, -0.15) is 0 Å². The van der Waals surface area contributed by atoms with E-state index in [2.05, 4.69) is 15.9 Å². The van der Waals surface area contributed by atoms with Crippen molar-refractivity contribution in [3.8, 4) is 5.75 Å². The van der Waals surface area contributed by atoms with Crippen molar-refractivity contribution in [2.45, 2.75) is 32.5 Å². The summed E-state index contributed by atoms with van der Waals surface area (Å²) in [6.07, 6.45) is -0.356. The molecule has 98 valence electrons. The van der Waals surface area contributed by atoms with E-state index < -0.39 is 12.1 Å². The van der Waals surface area contributed by atoms with Crippen molar-refractivity contribution < 1.29 is 19.4 Å². The first kappa shape index (κ1) is 13.4. The van der Waals surface area contributed by atoms with Crippen molar-refractivity contribution in [1.29, 1.82) is 0 Å². The molecule has 1 aromatic rings. The molecule has 0 fully saturated rings. The Hall–Kier alpha value is -1.07. The van der Waals surface area contributed by atoms with Crippen LogP contribution in [-0.4, -0.2) is 23.8 Å². The van der Waals surface area contributed by atoms with Crippen LogP contribution in [0.3, 0.4) is 0 Å². The SMILES string of the molecule is CCOC(=O)C(O)c1cc(Br)c2c(c1)CC(C)O2. The van der Waals surface area contributed by atoms with Crippen LogP contribution >= 0.6 is 15.9 Å². The van der Waals surface area contributed by atoms with Crippen LogP contribution in [0.5, 0.6) is 5.75 Å². The Labute approximate surface area is 114 Å². The van der Waals surface area contributed by atoms with Crippen molar-refractivity contribution in [2.24, 2.45) is 0 Å². The summed E-state index contributed by atoms with van der Waals surface area (Å²) < 4.78 is 11.2. The normalized spacial score (nSPS) is 19.0. The van der Waals surface area contributed by atoms with Crippen LogP contribution in [0.2, 0.25) is 0 Å². The maximum Gasteiger partial charge on any atom is 0.339 e. The van der Waals surface area contributed by atoms with E-state index in [1.54, 1.807) is 19.1 Å². The molecule has 0 bridgehead atoms. The molecule has 1 aromatic carbocycles. The molecule has 18 heavy (non-hydrogen) atoms. The van der Waals surface area contributed by atoms with Crippen molar-refractivity contribution in [3.05, 3.63) is 27.7 Å². The number of aliphatic hydroxyl groups is 1. The summed E-state index contributed by atoms with van der Waals surface area (Å²) in [4.78, 5) is 11.5. The predicted molar refractivity (Wildman–Crippen MR) is 69.5 cm³/mol. The van der Waals surface area contributed by atoms with Crippen LogP contribution < -0.4 is 4.74 Å². The summed E-state index contributed by atoms with van der Waals surface area (Å²) >= 11 is 3.39. The minimum atomic E-state index is -1.25. The van der Waals surface area contributed by atoms with Gasteiger partial charge < -0.3 is 14.6 Å². The first-order valence-electron chi connectivity index (χ1n) is 5.86. The van der Waals surface area contributed by atoms with E-state index in [0.29, 0.717) is 5.56 Å². The zero-order valence-electron chi connectivity index (χ0n) is 10.3. The summed E-state index contributed by atoms with van der Waals surface area (Å²) in [5.74, 6) is 0.165. The number of halogens is 1. The van der Waals surface area contributed by atoms with Gasteiger partial charge in [-0.15, -0.1) is 0 Å². The van der Waals surface area contributed by atoms with Gasteiger partial charge in [0.15, 0.2) is 6.10 Å². The number of ether oxygens (including phenoxy) is 2. The van der Waals surface area contributed by atoms with Crippen molar-refractivity contribution in [2.75, 3.05) is 6.61 Å². The number of rotatable bonds is 3. The van der Waals surface area contributed by atoms with Gasteiger partial charge >= 0.3 is 5.97 Å². The van der Waals surface area contributed by atoms with Crippen LogP contribution in [0.4, 0.5) is 0 Å². The number of hydrogen-bond acceptors (Lipinski definition) is 4. The van der Waals surface area contributed by atoms with Gasteiger partial charge in [-0.3, -0.25) is 0 Å². The van der Waals surface area contributed by atoms with Crippen LogP contribution in [0.15, 0.2) is 16.6 Å². The molecule has 1 aliphatic rings. The van der Waals surface area contributed by atoms with E-state index in [4.69, 9.17) is 9.47 Å². The fourth-order valence-electron chi connectivity index (χ4n) is 2.02. The summed E-state index contributed by atoms with van der Waals surface area (Å²) in [5.41, 5.74) is 1.52. The van der Waals surface area contributed by atoms with E-state index in [1.165, 1.54) is 0 Å². The maximum absolute atomic E-state index is 11.5. The van der Waals surface area contributed by atoms with E-state index in [-0.39, 0.29) is 12.7 Å². The quantitative estimate of drug-likeness (QED) is 0.870. The molecule has 0 amide bonds. The Kier molecular flexibility index (Phi) is 3.92. The Morgan fingerprint density at radius 3 is 3.06 bits per heavy atom. The molecule has 0 saturated carbocycles. The average molecular weight is 315 g/mol. The minimum Gasteiger partial charge on any atom is -0.489 e. The fraction of sp³-hybridized carbons (Fsp3) is 0.462. The number of fused-ring (bicyclic) bond motifs is 1. The first-order valence-corrected chi connectivity index (χ1v) is 6.66. The molecular weight excluding hydrogens is 300 g/mol. The third-order valence-electron chi connectivity index (χ3n) is 2.79.